The molecule has 2 aliphatic carbocycles. The van der Waals surface area contributed by atoms with E-state index in [-0.39, 0.29) is 18.8 Å². The third-order valence-electron chi connectivity index (χ3n) is 3.94. The van der Waals surface area contributed by atoms with Crippen molar-refractivity contribution in [1.29, 1.82) is 0 Å². The van der Waals surface area contributed by atoms with Crippen LogP contribution >= 0.6 is 0 Å². The fourth-order valence-corrected chi connectivity index (χ4v) is 2.79. The van der Waals surface area contributed by atoms with E-state index in [0.717, 1.165) is 24.8 Å². The van der Waals surface area contributed by atoms with Crippen LogP contribution in [-0.4, -0.2) is 18.5 Å². The fourth-order valence-electron chi connectivity index (χ4n) is 2.79. The molecule has 0 aromatic carbocycles. The third-order valence-corrected chi connectivity index (χ3v) is 3.94. The Morgan fingerprint density at radius 1 is 1.12 bits per heavy atom. The van der Waals surface area contributed by atoms with Crippen molar-refractivity contribution >= 4 is 0 Å². The van der Waals surface area contributed by atoms with Crippen LogP contribution in [0.5, 0.6) is 0 Å². The van der Waals surface area contributed by atoms with Gasteiger partial charge in [-0.3, -0.25) is 0 Å². The lowest BCUT2D eigenvalue weighted by atomic mass is 9.76. The molecule has 3 unspecified atom stereocenters. The average molecular weight is 232 g/mol. The minimum atomic E-state index is -1.90. The Morgan fingerprint density at radius 2 is 1.75 bits per heavy atom. The van der Waals surface area contributed by atoms with E-state index in [4.69, 9.17) is 0 Å². The quantitative estimate of drug-likeness (QED) is 0.595. The van der Waals surface area contributed by atoms with Crippen LogP contribution in [-0.2, 0) is 0 Å². The van der Waals surface area contributed by atoms with Gasteiger partial charge in [0.25, 0.3) is 0 Å². The highest BCUT2D eigenvalue weighted by molar-refractivity contribution is 5.13. The molecule has 0 nitrogen and oxygen atoms in total. The fraction of sp³-hybridized carbons (Fsp3) is 0.846. The number of hydrogen-bond donors (Lipinski definition) is 0. The van der Waals surface area contributed by atoms with Crippen LogP contribution in [0.1, 0.15) is 39.0 Å². The summed E-state index contributed by atoms with van der Waals surface area (Å²) >= 11 is 0. The molecule has 0 spiro atoms. The summed E-state index contributed by atoms with van der Waals surface area (Å²) in [5.74, 6) is 0.605. The highest BCUT2D eigenvalue weighted by Crippen LogP contribution is 2.39. The van der Waals surface area contributed by atoms with Crippen LogP contribution in [0.3, 0.4) is 0 Å². The molecule has 0 aromatic heterocycles. The second kappa shape index (κ2) is 4.80. The molecule has 2 rings (SSSR count). The van der Waals surface area contributed by atoms with Crippen LogP contribution in [0, 0.1) is 11.8 Å². The standard InChI is InChI=1S/C13H19F3/c1-8-2-4-9(5-3-8)10-6-11(14)13(16)12(15)7-10/h4,8,10-13H,2-3,5-7H2,1H3. The van der Waals surface area contributed by atoms with Crippen molar-refractivity contribution in [3.63, 3.8) is 0 Å². The van der Waals surface area contributed by atoms with Crippen LogP contribution in [0.15, 0.2) is 11.6 Å². The first-order valence-corrected chi connectivity index (χ1v) is 6.19. The van der Waals surface area contributed by atoms with Gasteiger partial charge in [0.05, 0.1) is 0 Å². The number of allylic oxidation sites excluding steroid dienone is 2. The van der Waals surface area contributed by atoms with Crippen molar-refractivity contribution in [2.24, 2.45) is 11.8 Å². The molecule has 3 heteroatoms. The number of halogens is 3. The predicted molar refractivity (Wildman–Crippen MR) is 58.5 cm³/mol. The van der Waals surface area contributed by atoms with Gasteiger partial charge >= 0.3 is 0 Å². The molecular weight excluding hydrogens is 213 g/mol. The van der Waals surface area contributed by atoms with Gasteiger partial charge in [-0.05, 0) is 43.9 Å². The maximum atomic E-state index is 13.3. The average Bonchev–Trinajstić information content (AvgIpc) is 2.26. The lowest BCUT2D eigenvalue weighted by Crippen LogP contribution is -2.37. The molecule has 0 saturated heterocycles. The summed E-state index contributed by atoms with van der Waals surface area (Å²) in [6, 6.07) is 0. The third kappa shape index (κ3) is 2.44. The lowest BCUT2D eigenvalue weighted by Gasteiger charge is -2.33. The van der Waals surface area contributed by atoms with E-state index in [1.807, 2.05) is 0 Å². The maximum Gasteiger partial charge on any atom is 0.162 e. The van der Waals surface area contributed by atoms with Crippen LogP contribution in [0.2, 0.25) is 0 Å². The van der Waals surface area contributed by atoms with Crippen molar-refractivity contribution < 1.29 is 13.2 Å². The van der Waals surface area contributed by atoms with Gasteiger partial charge in [-0.15, -0.1) is 0 Å². The highest BCUT2D eigenvalue weighted by atomic mass is 19.2. The normalized spacial score (nSPS) is 45.2. The first-order valence-electron chi connectivity index (χ1n) is 6.19. The van der Waals surface area contributed by atoms with Gasteiger partial charge in [-0.25, -0.2) is 13.2 Å². The molecule has 0 aromatic rings. The molecule has 3 atom stereocenters. The van der Waals surface area contributed by atoms with E-state index in [9.17, 15) is 13.2 Å². The number of rotatable bonds is 1. The van der Waals surface area contributed by atoms with Gasteiger partial charge in [0.2, 0.25) is 0 Å². The Labute approximate surface area is 94.9 Å². The Bertz CT molecular complexity index is 262. The summed E-state index contributed by atoms with van der Waals surface area (Å²) in [7, 11) is 0. The van der Waals surface area contributed by atoms with Gasteiger partial charge < -0.3 is 0 Å². The van der Waals surface area contributed by atoms with Gasteiger partial charge in [0.15, 0.2) is 6.17 Å². The molecule has 1 fully saturated rings. The Hall–Kier alpha value is -0.470. The number of alkyl halides is 3. The zero-order valence-corrected chi connectivity index (χ0v) is 9.63. The van der Waals surface area contributed by atoms with E-state index in [1.165, 1.54) is 0 Å². The molecule has 0 amide bonds. The molecule has 0 radical (unpaired) electrons. The SMILES string of the molecule is CC1CC=C(C2CC(F)C(F)C(F)C2)CC1. The Morgan fingerprint density at radius 3 is 2.25 bits per heavy atom. The molecule has 0 N–H and O–H groups in total. The molecule has 0 heterocycles. The van der Waals surface area contributed by atoms with E-state index in [1.54, 1.807) is 0 Å². The summed E-state index contributed by atoms with van der Waals surface area (Å²) in [6.45, 7) is 2.18. The van der Waals surface area contributed by atoms with Crippen LogP contribution in [0.4, 0.5) is 13.2 Å². The molecule has 0 bridgehead atoms. The van der Waals surface area contributed by atoms with Crippen molar-refractivity contribution in [2.75, 3.05) is 0 Å². The van der Waals surface area contributed by atoms with Gasteiger partial charge in [-0.2, -0.15) is 0 Å². The second-order valence-corrected chi connectivity index (χ2v) is 5.30. The zero-order valence-electron chi connectivity index (χ0n) is 9.63. The molecule has 1 saturated carbocycles. The van der Waals surface area contributed by atoms with Gasteiger partial charge in [-0.1, -0.05) is 18.6 Å². The Balaban J connectivity index is 2.00. The van der Waals surface area contributed by atoms with E-state index < -0.39 is 18.5 Å². The minimum Gasteiger partial charge on any atom is -0.244 e. The van der Waals surface area contributed by atoms with E-state index in [2.05, 4.69) is 13.0 Å². The monoisotopic (exact) mass is 232 g/mol. The molecular formula is C13H19F3. The molecule has 2 aliphatic rings. The summed E-state index contributed by atoms with van der Waals surface area (Å²) in [5.41, 5.74) is 1.16. The highest BCUT2D eigenvalue weighted by Gasteiger charge is 2.39. The lowest BCUT2D eigenvalue weighted by molar-refractivity contribution is 0.0246. The first kappa shape index (κ1) is 12.0. The van der Waals surface area contributed by atoms with Gasteiger partial charge in [0, 0.05) is 0 Å². The first-order chi connectivity index (χ1) is 7.58. The van der Waals surface area contributed by atoms with Crippen molar-refractivity contribution in [3.05, 3.63) is 11.6 Å². The minimum absolute atomic E-state index is 0.0653. The molecule has 16 heavy (non-hydrogen) atoms. The topological polar surface area (TPSA) is 0 Å². The van der Waals surface area contributed by atoms with Crippen LogP contribution < -0.4 is 0 Å². The second-order valence-electron chi connectivity index (χ2n) is 5.30. The summed E-state index contributed by atoms with van der Waals surface area (Å²) < 4.78 is 39.5. The molecule has 0 aliphatic heterocycles. The van der Waals surface area contributed by atoms with Crippen molar-refractivity contribution in [1.82, 2.24) is 0 Å². The van der Waals surface area contributed by atoms with Crippen LogP contribution in [0.25, 0.3) is 0 Å². The number of hydrogen-bond acceptors (Lipinski definition) is 0. The predicted octanol–water partition coefficient (Wildman–Crippen LogP) is 4.16. The van der Waals surface area contributed by atoms with Gasteiger partial charge in [0.1, 0.15) is 12.3 Å². The van der Waals surface area contributed by atoms with Crippen molar-refractivity contribution in [2.45, 2.75) is 57.5 Å². The van der Waals surface area contributed by atoms with E-state index in [0.29, 0.717) is 5.92 Å². The summed E-state index contributed by atoms with van der Waals surface area (Å²) in [4.78, 5) is 0. The zero-order chi connectivity index (χ0) is 11.7. The largest absolute Gasteiger partial charge is 0.244 e. The Kier molecular flexibility index (Phi) is 3.60. The smallest absolute Gasteiger partial charge is 0.162 e. The molecule has 92 valence electrons. The van der Waals surface area contributed by atoms with Crippen molar-refractivity contribution in [3.8, 4) is 0 Å². The van der Waals surface area contributed by atoms with E-state index >= 15 is 0 Å². The summed E-state index contributed by atoms with van der Waals surface area (Å²) in [5, 5.41) is 0. The maximum absolute atomic E-state index is 13.3. The summed E-state index contributed by atoms with van der Waals surface area (Å²) in [6.07, 6.45) is 0.346.